The number of para-hydroxylation sites is 1. The van der Waals surface area contributed by atoms with Crippen LogP contribution < -0.4 is 14.8 Å². The number of anilines is 1. The van der Waals surface area contributed by atoms with Crippen LogP contribution in [0.1, 0.15) is 13.3 Å². The first-order valence-corrected chi connectivity index (χ1v) is 11.2. The SMILES string of the molecule is CCCn1c2ccccc2c2nnc(SCC(=O)Nc3ccc4c(c3)OCCO4)nc21. The molecule has 0 radical (unpaired) electrons. The summed E-state index contributed by atoms with van der Waals surface area (Å²) in [5, 5.41) is 13.0. The van der Waals surface area contributed by atoms with Crippen molar-refractivity contribution in [3.8, 4) is 11.5 Å². The fraction of sp³-hybridized carbons (Fsp3) is 0.273. The number of rotatable bonds is 6. The first kappa shape index (κ1) is 19.6. The molecule has 0 aliphatic carbocycles. The molecule has 31 heavy (non-hydrogen) atoms. The number of benzene rings is 2. The quantitative estimate of drug-likeness (QED) is 0.459. The van der Waals surface area contributed by atoms with Gasteiger partial charge in [0.1, 0.15) is 18.7 Å². The second kappa shape index (κ2) is 8.43. The molecular formula is C22H21N5O3S. The molecule has 0 saturated heterocycles. The minimum absolute atomic E-state index is 0.153. The molecule has 1 amide bonds. The number of thioether (sulfide) groups is 1. The van der Waals surface area contributed by atoms with E-state index in [9.17, 15) is 4.79 Å². The third kappa shape index (κ3) is 3.88. The highest BCUT2D eigenvalue weighted by atomic mass is 32.2. The van der Waals surface area contributed by atoms with Gasteiger partial charge in [-0.1, -0.05) is 36.9 Å². The maximum absolute atomic E-state index is 12.4. The molecule has 0 spiro atoms. The number of hydrogen-bond donors (Lipinski definition) is 1. The standard InChI is InChI=1S/C22H21N5O3S/c1-2-9-27-16-6-4-3-5-15(16)20-21(27)24-22(26-25-20)31-13-19(28)23-14-7-8-17-18(12-14)30-11-10-29-17/h3-8,12H,2,9-11,13H2,1H3,(H,23,28). The lowest BCUT2D eigenvalue weighted by Crippen LogP contribution is -2.17. The number of carbonyl (C=O) groups excluding carboxylic acids is 1. The van der Waals surface area contributed by atoms with E-state index in [4.69, 9.17) is 14.5 Å². The number of carbonyl (C=O) groups is 1. The number of aromatic nitrogens is 4. The Hall–Kier alpha value is -3.33. The zero-order valence-corrected chi connectivity index (χ0v) is 17.8. The second-order valence-electron chi connectivity index (χ2n) is 7.13. The van der Waals surface area contributed by atoms with Gasteiger partial charge < -0.3 is 19.4 Å². The number of nitrogens with one attached hydrogen (secondary N) is 1. The molecule has 0 saturated carbocycles. The molecule has 1 aliphatic rings. The molecule has 1 N–H and O–H groups in total. The van der Waals surface area contributed by atoms with E-state index in [0.717, 1.165) is 35.0 Å². The van der Waals surface area contributed by atoms with Gasteiger partial charge in [-0.05, 0) is 24.6 Å². The Labute approximate surface area is 183 Å². The molecule has 4 aromatic rings. The third-order valence-electron chi connectivity index (χ3n) is 4.96. The maximum Gasteiger partial charge on any atom is 0.234 e. The minimum atomic E-state index is -0.153. The number of nitrogens with zero attached hydrogens (tertiary/aromatic N) is 4. The van der Waals surface area contributed by atoms with Crippen LogP contribution in [0, 0.1) is 0 Å². The molecule has 3 heterocycles. The van der Waals surface area contributed by atoms with Crippen molar-refractivity contribution in [1.82, 2.24) is 19.7 Å². The zero-order valence-electron chi connectivity index (χ0n) is 17.0. The Morgan fingerprint density at radius 3 is 2.84 bits per heavy atom. The van der Waals surface area contributed by atoms with E-state index < -0.39 is 0 Å². The molecule has 8 nitrogen and oxygen atoms in total. The fourth-order valence-corrected chi connectivity index (χ4v) is 4.23. The van der Waals surface area contributed by atoms with Gasteiger partial charge in [0.25, 0.3) is 0 Å². The highest BCUT2D eigenvalue weighted by molar-refractivity contribution is 7.99. The van der Waals surface area contributed by atoms with E-state index in [2.05, 4.69) is 33.1 Å². The summed E-state index contributed by atoms with van der Waals surface area (Å²) in [7, 11) is 0. The largest absolute Gasteiger partial charge is 0.486 e. The monoisotopic (exact) mass is 435 g/mol. The van der Waals surface area contributed by atoms with E-state index in [1.807, 2.05) is 18.2 Å². The van der Waals surface area contributed by atoms with Crippen LogP contribution in [0.25, 0.3) is 22.1 Å². The molecule has 9 heteroatoms. The lowest BCUT2D eigenvalue weighted by Gasteiger charge is -2.18. The predicted molar refractivity (Wildman–Crippen MR) is 120 cm³/mol. The van der Waals surface area contributed by atoms with Crippen LogP contribution in [0.15, 0.2) is 47.6 Å². The van der Waals surface area contributed by atoms with Crippen molar-refractivity contribution < 1.29 is 14.3 Å². The van der Waals surface area contributed by atoms with E-state index >= 15 is 0 Å². The topological polar surface area (TPSA) is 91.2 Å². The van der Waals surface area contributed by atoms with Crippen molar-refractivity contribution in [3.05, 3.63) is 42.5 Å². The summed E-state index contributed by atoms with van der Waals surface area (Å²) in [6.45, 7) is 4.01. The lowest BCUT2D eigenvalue weighted by atomic mass is 10.2. The van der Waals surface area contributed by atoms with Crippen LogP contribution in [0.5, 0.6) is 11.5 Å². The molecule has 0 bridgehead atoms. The number of fused-ring (bicyclic) bond motifs is 4. The number of aryl methyl sites for hydroxylation is 1. The van der Waals surface area contributed by atoms with Crippen molar-refractivity contribution in [1.29, 1.82) is 0 Å². The van der Waals surface area contributed by atoms with E-state index in [1.54, 1.807) is 18.2 Å². The average Bonchev–Trinajstić information content (AvgIpc) is 3.11. The number of amides is 1. The Balaban J connectivity index is 1.32. The van der Waals surface area contributed by atoms with Crippen LogP contribution in [-0.2, 0) is 11.3 Å². The van der Waals surface area contributed by atoms with Gasteiger partial charge in [-0.25, -0.2) is 4.98 Å². The van der Waals surface area contributed by atoms with Crippen LogP contribution >= 0.6 is 11.8 Å². The lowest BCUT2D eigenvalue weighted by molar-refractivity contribution is -0.113. The van der Waals surface area contributed by atoms with E-state index in [1.165, 1.54) is 11.8 Å². The first-order chi connectivity index (χ1) is 15.2. The smallest absolute Gasteiger partial charge is 0.234 e. The number of hydrogen-bond acceptors (Lipinski definition) is 7. The van der Waals surface area contributed by atoms with Crippen molar-refractivity contribution in [3.63, 3.8) is 0 Å². The summed E-state index contributed by atoms with van der Waals surface area (Å²) < 4.78 is 13.2. The maximum atomic E-state index is 12.4. The van der Waals surface area contributed by atoms with E-state index in [-0.39, 0.29) is 11.7 Å². The summed E-state index contributed by atoms with van der Waals surface area (Å²) in [5.41, 5.74) is 3.34. The van der Waals surface area contributed by atoms with E-state index in [0.29, 0.717) is 35.6 Å². The van der Waals surface area contributed by atoms with Crippen LogP contribution in [-0.4, -0.2) is 44.6 Å². The molecule has 0 fully saturated rings. The summed E-state index contributed by atoms with van der Waals surface area (Å²) in [4.78, 5) is 17.1. The van der Waals surface area contributed by atoms with Crippen LogP contribution in [0.4, 0.5) is 5.69 Å². The Kier molecular flexibility index (Phi) is 5.33. The van der Waals surface area contributed by atoms with Gasteiger partial charge in [0.2, 0.25) is 11.1 Å². The minimum Gasteiger partial charge on any atom is -0.486 e. The molecule has 2 aromatic carbocycles. The van der Waals surface area contributed by atoms with Gasteiger partial charge in [0.15, 0.2) is 17.1 Å². The van der Waals surface area contributed by atoms with Crippen molar-refractivity contribution in [2.45, 2.75) is 25.0 Å². The van der Waals surface area contributed by atoms with Crippen molar-refractivity contribution >= 4 is 45.4 Å². The summed E-state index contributed by atoms with van der Waals surface area (Å²) >= 11 is 1.26. The van der Waals surface area contributed by atoms with Gasteiger partial charge in [-0.15, -0.1) is 10.2 Å². The molecule has 5 rings (SSSR count). The molecule has 0 atom stereocenters. The van der Waals surface area contributed by atoms with Gasteiger partial charge >= 0.3 is 0 Å². The molecular weight excluding hydrogens is 414 g/mol. The third-order valence-corrected chi connectivity index (χ3v) is 5.80. The van der Waals surface area contributed by atoms with Crippen LogP contribution in [0.2, 0.25) is 0 Å². The van der Waals surface area contributed by atoms with Gasteiger partial charge in [0, 0.05) is 23.7 Å². The Morgan fingerprint density at radius 2 is 1.97 bits per heavy atom. The predicted octanol–water partition coefficient (Wildman–Crippen LogP) is 3.89. The average molecular weight is 436 g/mol. The summed E-state index contributed by atoms with van der Waals surface area (Å²) in [5.74, 6) is 1.35. The summed E-state index contributed by atoms with van der Waals surface area (Å²) in [6.07, 6.45) is 0.984. The van der Waals surface area contributed by atoms with Gasteiger partial charge in [0.05, 0.1) is 11.3 Å². The highest BCUT2D eigenvalue weighted by Gasteiger charge is 2.16. The molecule has 158 valence electrons. The number of ether oxygens (including phenoxy) is 2. The normalized spacial score (nSPS) is 12.9. The van der Waals surface area contributed by atoms with Crippen molar-refractivity contribution in [2.75, 3.05) is 24.3 Å². The molecule has 0 unspecified atom stereocenters. The molecule has 1 aliphatic heterocycles. The Bertz CT molecular complexity index is 1270. The first-order valence-electron chi connectivity index (χ1n) is 10.2. The second-order valence-corrected chi connectivity index (χ2v) is 8.07. The highest BCUT2D eigenvalue weighted by Crippen LogP contribution is 2.33. The van der Waals surface area contributed by atoms with Crippen LogP contribution in [0.3, 0.4) is 0 Å². The van der Waals surface area contributed by atoms with Gasteiger partial charge in [-0.3, -0.25) is 4.79 Å². The summed E-state index contributed by atoms with van der Waals surface area (Å²) in [6, 6.07) is 13.5. The molecule has 2 aromatic heterocycles. The Morgan fingerprint density at radius 1 is 1.13 bits per heavy atom. The fourth-order valence-electron chi connectivity index (χ4n) is 3.65. The van der Waals surface area contributed by atoms with Crippen molar-refractivity contribution in [2.24, 2.45) is 0 Å². The zero-order chi connectivity index (χ0) is 21.2. The van der Waals surface area contributed by atoms with Gasteiger partial charge in [-0.2, -0.15) is 0 Å².